The lowest BCUT2D eigenvalue weighted by molar-refractivity contribution is -0.145. The smallest absolute Gasteiger partial charge is 0.305 e. The van der Waals surface area contributed by atoms with Crippen molar-refractivity contribution in [1.29, 1.82) is 0 Å². The van der Waals surface area contributed by atoms with Crippen molar-refractivity contribution in [2.45, 2.75) is 84.0 Å². The van der Waals surface area contributed by atoms with Crippen LogP contribution in [0, 0.1) is 11.8 Å². The molecule has 0 aromatic heterocycles. The van der Waals surface area contributed by atoms with Crippen LogP contribution in [0.4, 0.5) is 0 Å². The van der Waals surface area contributed by atoms with Gasteiger partial charge in [-0.25, -0.2) is 0 Å². The van der Waals surface area contributed by atoms with Gasteiger partial charge >= 0.3 is 5.97 Å². The number of esters is 1. The van der Waals surface area contributed by atoms with Crippen LogP contribution >= 0.6 is 0 Å². The summed E-state index contributed by atoms with van der Waals surface area (Å²) >= 11 is 0. The Morgan fingerprint density at radius 2 is 1.95 bits per heavy atom. The predicted octanol–water partition coefficient (Wildman–Crippen LogP) is 5.66. The Morgan fingerprint density at radius 3 is 2.57 bits per heavy atom. The molecule has 0 heterocycles. The summed E-state index contributed by atoms with van der Waals surface area (Å²) in [6.45, 7) is 6.64. The van der Waals surface area contributed by atoms with E-state index in [0.29, 0.717) is 18.9 Å². The summed E-state index contributed by atoms with van der Waals surface area (Å²) < 4.78 is 5.47. The lowest BCUT2D eigenvalue weighted by Gasteiger charge is -2.29. The van der Waals surface area contributed by atoms with Gasteiger partial charge in [-0.3, -0.25) is 4.79 Å². The Hall–Kier alpha value is -0.790. The van der Waals surface area contributed by atoms with Gasteiger partial charge in [0.25, 0.3) is 0 Å². The highest BCUT2D eigenvalue weighted by atomic mass is 16.5. The van der Waals surface area contributed by atoms with E-state index < -0.39 is 0 Å². The molecule has 21 heavy (non-hydrogen) atoms. The molecule has 2 heteroatoms. The lowest BCUT2D eigenvalue weighted by atomic mass is 9.78. The molecule has 1 saturated carbocycles. The number of ether oxygens (including phenoxy) is 1. The van der Waals surface area contributed by atoms with Crippen molar-refractivity contribution in [1.82, 2.24) is 0 Å². The largest absolute Gasteiger partial charge is 0.465 e. The van der Waals surface area contributed by atoms with Gasteiger partial charge in [-0.05, 0) is 31.1 Å². The van der Waals surface area contributed by atoms with E-state index in [1.807, 2.05) is 6.08 Å². The minimum absolute atomic E-state index is 0.00633. The maximum absolute atomic E-state index is 11.8. The number of unbranched alkanes of at least 4 members (excludes halogenated alkanes) is 5. The van der Waals surface area contributed by atoms with E-state index >= 15 is 0 Å². The van der Waals surface area contributed by atoms with Crippen molar-refractivity contribution < 1.29 is 9.53 Å². The minimum atomic E-state index is -0.00633. The van der Waals surface area contributed by atoms with Crippen LogP contribution in [0.3, 0.4) is 0 Å². The highest BCUT2D eigenvalue weighted by molar-refractivity contribution is 5.69. The molecule has 1 rings (SSSR count). The van der Waals surface area contributed by atoms with E-state index in [2.05, 4.69) is 13.5 Å². The van der Waals surface area contributed by atoms with Crippen LogP contribution < -0.4 is 0 Å². The SMILES string of the molecule is C=CCC(COC(=O)CCCCCCCC)CC1CCC1. The molecule has 0 spiro atoms. The molecule has 0 aliphatic heterocycles. The van der Waals surface area contributed by atoms with E-state index in [9.17, 15) is 4.79 Å². The van der Waals surface area contributed by atoms with E-state index in [0.717, 1.165) is 25.2 Å². The summed E-state index contributed by atoms with van der Waals surface area (Å²) in [7, 11) is 0. The summed E-state index contributed by atoms with van der Waals surface area (Å²) in [4.78, 5) is 11.8. The minimum Gasteiger partial charge on any atom is -0.465 e. The summed E-state index contributed by atoms with van der Waals surface area (Å²) in [6, 6.07) is 0. The fraction of sp³-hybridized carbons (Fsp3) is 0.842. The quantitative estimate of drug-likeness (QED) is 0.249. The monoisotopic (exact) mass is 294 g/mol. The number of allylic oxidation sites excluding steroid dienone is 1. The summed E-state index contributed by atoms with van der Waals surface area (Å²) in [6.07, 6.45) is 16.1. The zero-order valence-electron chi connectivity index (χ0n) is 13.9. The molecule has 0 aromatic carbocycles. The highest BCUT2D eigenvalue weighted by Crippen LogP contribution is 2.33. The first-order valence-electron chi connectivity index (χ1n) is 9.02. The lowest BCUT2D eigenvalue weighted by Crippen LogP contribution is -2.20. The van der Waals surface area contributed by atoms with Gasteiger partial charge in [0.15, 0.2) is 0 Å². The van der Waals surface area contributed by atoms with Gasteiger partial charge in [0, 0.05) is 6.42 Å². The molecular formula is C19H34O2. The number of rotatable bonds is 13. The topological polar surface area (TPSA) is 26.3 Å². The molecule has 1 atom stereocenters. The Kier molecular flexibility index (Phi) is 10.3. The second-order valence-corrected chi connectivity index (χ2v) is 6.62. The predicted molar refractivity (Wildman–Crippen MR) is 89.2 cm³/mol. The first-order chi connectivity index (χ1) is 10.3. The first kappa shape index (κ1) is 18.3. The maximum atomic E-state index is 11.8. The standard InChI is InChI=1S/C19H34O2/c1-3-5-6-7-8-9-14-19(20)21-16-18(11-4-2)15-17-12-10-13-17/h4,17-18H,2-3,5-16H2,1H3. The number of hydrogen-bond acceptors (Lipinski definition) is 2. The molecule has 0 amide bonds. The molecular weight excluding hydrogens is 260 g/mol. The molecule has 0 saturated heterocycles. The van der Waals surface area contributed by atoms with E-state index in [1.54, 1.807) is 0 Å². The van der Waals surface area contributed by atoms with E-state index in [-0.39, 0.29) is 5.97 Å². The van der Waals surface area contributed by atoms with Crippen LogP contribution in [0.1, 0.15) is 84.0 Å². The fourth-order valence-corrected chi connectivity index (χ4v) is 3.00. The van der Waals surface area contributed by atoms with Crippen molar-refractivity contribution >= 4 is 5.97 Å². The molecule has 1 aliphatic carbocycles. The summed E-state index contributed by atoms with van der Waals surface area (Å²) in [5, 5.41) is 0. The zero-order chi connectivity index (χ0) is 15.3. The molecule has 1 unspecified atom stereocenters. The van der Waals surface area contributed by atoms with Crippen LogP contribution in [0.2, 0.25) is 0 Å². The molecule has 0 bridgehead atoms. The molecule has 2 nitrogen and oxygen atoms in total. The highest BCUT2D eigenvalue weighted by Gasteiger charge is 2.22. The average Bonchev–Trinajstić information content (AvgIpc) is 2.43. The number of hydrogen-bond donors (Lipinski definition) is 0. The Labute approximate surface area is 131 Å². The second-order valence-electron chi connectivity index (χ2n) is 6.62. The molecule has 0 aromatic rings. The number of carbonyl (C=O) groups is 1. The van der Waals surface area contributed by atoms with E-state index in [4.69, 9.17) is 4.74 Å². The Morgan fingerprint density at radius 1 is 1.24 bits per heavy atom. The summed E-state index contributed by atoms with van der Waals surface area (Å²) in [5.41, 5.74) is 0. The molecule has 0 radical (unpaired) electrons. The van der Waals surface area contributed by atoms with E-state index in [1.165, 1.54) is 51.4 Å². The third-order valence-corrected chi connectivity index (χ3v) is 4.61. The average molecular weight is 294 g/mol. The van der Waals surface area contributed by atoms with Crippen LogP contribution in [0.15, 0.2) is 12.7 Å². The third-order valence-electron chi connectivity index (χ3n) is 4.61. The van der Waals surface area contributed by atoms with Gasteiger partial charge in [0.05, 0.1) is 6.61 Å². The number of carbonyl (C=O) groups excluding carboxylic acids is 1. The van der Waals surface area contributed by atoms with Crippen LogP contribution in [-0.4, -0.2) is 12.6 Å². The van der Waals surface area contributed by atoms with Crippen LogP contribution in [-0.2, 0) is 9.53 Å². The normalized spacial score (nSPS) is 16.2. The van der Waals surface area contributed by atoms with Gasteiger partial charge in [-0.1, -0.05) is 64.4 Å². The van der Waals surface area contributed by atoms with Gasteiger partial charge in [0.2, 0.25) is 0 Å². The van der Waals surface area contributed by atoms with Crippen molar-refractivity contribution in [2.24, 2.45) is 11.8 Å². The third kappa shape index (κ3) is 8.95. The van der Waals surface area contributed by atoms with Gasteiger partial charge in [0.1, 0.15) is 0 Å². The van der Waals surface area contributed by atoms with Crippen molar-refractivity contribution in [3.8, 4) is 0 Å². The van der Waals surface area contributed by atoms with Crippen molar-refractivity contribution in [3.63, 3.8) is 0 Å². The van der Waals surface area contributed by atoms with Crippen LogP contribution in [0.25, 0.3) is 0 Å². The first-order valence-corrected chi connectivity index (χ1v) is 9.02. The Bertz CT molecular complexity index is 281. The molecule has 0 N–H and O–H groups in total. The maximum Gasteiger partial charge on any atom is 0.305 e. The second kappa shape index (κ2) is 11.8. The molecule has 1 fully saturated rings. The Balaban J connectivity index is 2.04. The fourth-order valence-electron chi connectivity index (χ4n) is 3.00. The van der Waals surface area contributed by atoms with Gasteiger partial charge in [-0.15, -0.1) is 6.58 Å². The van der Waals surface area contributed by atoms with Gasteiger partial charge in [-0.2, -0.15) is 0 Å². The summed E-state index contributed by atoms with van der Waals surface area (Å²) in [5.74, 6) is 1.35. The zero-order valence-corrected chi connectivity index (χ0v) is 13.9. The van der Waals surface area contributed by atoms with Crippen molar-refractivity contribution in [2.75, 3.05) is 6.61 Å². The molecule has 1 aliphatic rings. The van der Waals surface area contributed by atoms with Gasteiger partial charge < -0.3 is 4.74 Å². The van der Waals surface area contributed by atoms with Crippen LogP contribution in [0.5, 0.6) is 0 Å². The molecule has 122 valence electrons. The van der Waals surface area contributed by atoms with Crippen molar-refractivity contribution in [3.05, 3.63) is 12.7 Å².